The van der Waals surface area contributed by atoms with E-state index in [0.29, 0.717) is 11.6 Å². The Hall–Kier alpha value is -1.79. The first-order chi connectivity index (χ1) is 9.11. The van der Waals surface area contributed by atoms with Gasteiger partial charge in [0.05, 0.1) is 0 Å². The molecule has 100 valence electrons. The predicted octanol–water partition coefficient (Wildman–Crippen LogP) is 1.96. The molecule has 0 saturated heterocycles. The molecule has 1 amide bonds. The summed E-state index contributed by atoms with van der Waals surface area (Å²) < 4.78 is 0. The average Bonchev–Trinajstić information content (AvgIpc) is 2.32. The summed E-state index contributed by atoms with van der Waals surface area (Å²) in [5.74, 6) is 5.52. The van der Waals surface area contributed by atoms with Crippen LogP contribution in [0.2, 0.25) is 0 Å². The Bertz CT molecular complexity index is 535. The van der Waals surface area contributed by atoms with Crippen molar-refractivity contribution in [3.05, 3.63) is 34.9 Å². The molecule has 1 aromatic carbocycles. The molecule has 0 atom stereocenters. The van der Waals surface area contributed by atoms with Gasteiger partial charge in [-0.3, -0.25) is 4.79 Å². The summed E-state index contributed by atoms with van der Waals surface area (Å²) in [5.41, 5.74) is 2.46. The smallest absolute Gasteiger partial charge is 0.253 e. The third kappa shape index (κ3) is 3.15. The Kier molecular flexibility index (Phi) is 4.24. The molecular weight excluding hydrogens is 238 g/mol. The number of aliphatic hydroxyl groups excluding tert-OH is 1. The van der Waals surface area contributed by atoms with Gasteiger partial charge in [-0.25, -0.2) is 0 Å². The molecule has 0 bridgehead atoms. The van der Waals surface area contributed by atoms with Crippen LogP contribution in [0.1, 0.15) is 40.7 Å². The van der Waals surface area contributed by atoms with Gasteiger partial charge in [0.1, 0.15) is 6.61 Å². The second-order valence-corrected chi connectivity index (χ2v) is 5.05. The zero-order valence-electron chi connectivity index (χ0n) is 11.4. The third-order valence-corrected chi connectivity index (χ3v) is 3.58. The molecule has 0 aromatic heterocycles. The molecule has 0 spiro atoms. The van der Waals surface area contributed by atoms with Crippen LogP contribution >= 0.6 is 0 Å². The van der Waals surface area contributed by atoms with E-state index in [-0.39, 0.29) is 12.5 Å². The Morgan fingerprint density at radius 1 is 1.42 bits per heavy atom. The topological polar surface area (TPSA) is 40.5 Å². The van der Waals surface area contributed by atoms with Crippen molar-refractivity contribution in [3.8, 4) is 11.8 Å². The van der Waals surface area contributed by atoms with E-state index in [4.69, 9.17) is 5.11 Å². The summed E-state index contributed by atoms with van der Waals surface area (Å²) in [6.07, 6.45) is 3.42. The normalized spacial score (nSPS) is 14.3. The minimum Gasteiger partial charge on any atom is -0.384 e. The second-order valence-electron chi connectivity index (χ2n) is 5.05. The van der Waals surface area contributed by atoms with Crippen LogP contribution in [-0.4, -0.2) is 35.6 Å². The van der Waals surface area contributed by atoms with Crippen LogP contribution in [0.15, 0.2) is 18.2 Å². The number of benzene rings is 1. The van der Waals surface area contributed by atoms with E-state index in [9.17, 15) is 4.79 Å². The molecule has 3 nitrogen and oxygen atoms in total. The summed E-state index contributed by atoms with van der Waals surface area (Å²) >= 11 is 0. The molecule has 1 fully saturated rings. The van der Waals surface area contributed by atoms with Crippen molar-refractivity contribution in [1.82, 2.24) is 4.90 Å². The molecule has 19 heavy (non-hydrogen) atoms. The lowest BCUT2D eigenvalue weighted by Crippen LogP contribution is -2.41. The number of carbonyl (C=O) groups is 1. The average molecular weight is 257 g/mol. The summed E-state index contributed by atoms with van der Waals surface area (Å²) in [5, 5.41) is 8.73. The van der Waals surface area contributed by atoms with Gasteiger partial charge in [0.25, 0.3) is 5.91 Å². The molecule has 0 aliphatic heterocycles. The van der Waals surface area contributed by atoms with Crippen LogP contribution in [0.5, 0.6) is 0 Å². The van der Waals surface area contributed by atoms with E-state index in [0.717, 1.165) is 24.0 Å². The molecule has 1 aliphatic rings. The highest BCUT2D eigenvalue weighted by atomic mass is 16.2. The monoisotopic (exact) mass is 257 g/mol. The van der Waals surface area contributed by atoms with Gasteiger partial charge >= 0.3 is 0 Å². The minimum absolute atomic E-state index is 0.0560. The van der Waals surface area contributed by atoms with E-state index >= 15 is 0 Å². The van der Waals surface area contributed by atoms with Gasteiger partial charge in [-0.15, -0.1) is 0 Å². The van der Waals surface area contributed by atoms with E-state index < -0.39 is 0 Å². The number of nitrogens with zero attached hydrogens (tertiary/aromatic N) is 1. The lowest BCUT2D eigenvalue weighted by atomic mass is 9.91. The largest absolute Gasteiger partial charge is 0.384 e. The quantitative estimate of drug-likeness (QED) is 0.823. The van der Waals surface area contributed by atoms with Crippen LogP contribution in [0.25, 0.3) is 0 Å². The fourth-order valence-electron chi connectivity index (χ4n) is 2.26. The first-order valence-corrected chi connectivity index (χ1v) is 6.60. The Balaban J connectivity index is 2.23. The van der Waals surface area contributed by atoms with Crippen molar-refractivity contribution in [2.24, 2.45) is 0 Å². The summed E-state index contributed by atoms with van der Waals surface area (Å²) in [4.78, 5) is 14.2. The number of rotatable bonds is 2. The molecule has 2 rings (SSSR count). The van der Waals surface area contributed by atoms with Gasteiger partial charge in [-0.1, -0.05) is 11.8 Å². The van der Waals surface area contributed by atoms with Gasteiger partial charge < -0.3 is 10.0 Å². The highest BCUT2D eigenvalue weighted by molar-refractivity contribution is 5.95. The van der Waals surface area contributed by atoms with Crippen LogP contribution in [0, 0.1) is 18.8 Å². The van der Waals surface area contributed by atoms with Crippen molar-refractivity contribution in [2.75, 3.05) is 13.7 Å². The lowest BCUT2D eigenvalue weighted by Gasteiger charge is -2.34. The first-order valence-electron chi connectivity index (χ1n) is 6.60. The van der Waals surface area contributed by atoms with Crippen molar-refractivity contribution >= 4 is 5.91 Å². The molecule has 0 heterocycles. The van der Waals surface area contributed by atoms with Crippen molar-refractivity contribution in [3.63, 3.8) is 0 Å². The number of aryl methyl sites for hydroxylation is 1. The van der Waals surface area contributed by atoms with E-state index in [2.05, 4.69) is 11.8 Å². The highest BCUT2D eigenvalue weighted by Crippen LogP contribution is 2.25. The number of aliphatic hydroxyl groups is 1. The second kappa shape index (κ2) is 5.90. The molecule has 0 unspecified atom stereocenters. The summed E-state index contributed by atoms with van der Waals surface area (Å²) in [6.45, 7) is 1.78. The fraction of sp³-hybridized carbons (Fsp3) is 0.438. The maximum Gasteiger partial charge on any atom is 0.253 e. The third-order valence-electron chi connectivity index (χ3n) is 3.58. The van der Waals surface area contributed by atoms with Gasteiger partial charge in [0.2, 0.25) is 0 Å². The SMILES string of the molecule is Cc1cc(C#CCO)cc(C(=O)N(C)C2CCC2)c1. The van der Waals surface area contributed by atoms with Crippen LogP contribution < -0.4 is 0 Å². The molecule has 1 N–H and O–H groups in total. The minimum atomic E-state index is -0.167. The summed E-state index contributed by atoms with van der Waals surface area (Å²) in [7, 11) is 1.87. The molecule has 0 radical (unpaired) electrons. The number of carbonyl (C=O) groups excluding carboxylic acids is 1. The van der Waals surface area contributed by atoms with Crippen molar-refractivity contribution in [2.45, 2.75) is 32.2 Å². The Morgan fingerprint density at radius 2 is 2.16 bits per heavy atom. The number of hydrogen-bond acceptors (Lipinski definition) is 2. The van der Waals surface area contributed by atoms with E-state index in [1.54, 1.807) is 6.07 Å². The van der Waals surface area contributed by atoms with Crippen LogP contribution in [-0.2, 0) is 0 Å². The maximum atomic E-state index is 12.4. The van der Waals surface area contributed by atoms with Crippen molar-refractivity contribution in [1.29, 1.82) is 0 Å². The molecule has 1 aliphatic carbocycles. The predicted molar refractivity (Wildman–Crippen MR) is 74.9 cm³/mol. The van der Waals surface area contributed by atoms with Crippen molar-refractivity contribution < 1.29 is 9.90 Å². The van der Waals surface area contributed by atoms with E-state index in [1.807, 2.05) is 31.0 Å². The molecule has 1 saturated carbocycles. The highest BCUT2D eigenvalue weighted by Gasteiger charge is 2.26. The molecule has 1 aromatic rings. The lowest BCUT2D eigenvalue weighted by molar-refractivity contribution is 0.0652. The van der Waals surface area contributed by atoms with Gasteiger partial charge in [-0.05, 0) is 49.9 Å². The maximum absolute atomic E-state index is 12.4. The van der Waals surface area contributed by atoms with Crippen LogP contribution in [0.3, 0.4) is 0 Å². The van der Waals surface area contributed by atoms with Crippen LogP contribution in [0.4, 0.5) is 0 Å². The standard InChI is InChI=1S/C16H19NO2/c1-12-9-13(5-4-8-18)11-14(10-12)16(19)17(2)15-6-3-7-15/h9-11,15,18H,3,6-8H2,1-2H3. The first kappa shape index (κ1) is 13.6. The Morgan fingerprint density at radius 3 is 2.74 bits per heavy atom. The number of hydrogen-bond donors (Lipinski definition) is 1. The van der Waals surface area contributed by atoms with Gasteiger partial charge in [0, 0.05) is 24.2 Å². The Labute approximate surface area is 114 Å². The zero-order chi connectivity index (χ0) is 13.8. The van der Waals surface area contributed by atoms with Gasteiger partial charge in [0.15, 0.2) is 0 Å². The molecular formula is C16H19NO2. The number of amides is 1. The van der Waals surface area contributed by atoms with Gasteiger partial charge in [-0.2, -0.15) is 0 Å². The zero-order valence-corrected chi connectivity index (χ0v) is 11.4. The summed E-state index contributed by atoms with van der Waals surface area (Å²) in [6, 6.07) is 6.00. The van der Waals surface area contributed by atoms with E-state index in [1.165, 1.54) is 6.42 Å². The fourth-order valence-corrected chi connectivity index (χ4v) is 2.26. The molecule has 3 heteroatoms.